The van der Waals surface area contributed by atoms with Crippen LogP contribution < -0.4 is 30.7 Å². The quantitative estimate of drug-likeness (QED) is 0.323. The first-order valence-corrected chi connectivity index (χ1v) is 17.0. The van der Waals surface area contributed by atoms with Crippen LogP contribution in [0.1, 0.15) is 13.8 Å². The molecular weight excluding hydrogens is 704 g/mol. The van der Waals surface area contributed by atoms with Crippen LogP contribution in [0.5, 0.6) is 11.5 Å². The fourth-order valence-electron chi connectivity index (χ4n) is 6.01. The summed E-state index contributed by atoms with van der Waals surface area (Å²) in [5, 5.41) is 14.1. The molecule has 2 aromatic rings. The van der Waals surface area contributed by atoms with Gasteiger partial charge >= 0.3 is 0 Å². The molecule has 45 heavy (non-hydrogen) atoms. The van der Waals surface area contributed by atoms with Gasteiger partial charge in [-0.15, -0.1) is 0 Å². The van der Waals surface area contributed by atoms with Crippen LogP contribution in [-0.2, 0) is 4.74 Å². The normalized spacial score (nSPS) is 26.2. The van der Waals surface area contributed by atoms with E-state index in [4.69, 9.17) is 24.2 Å². The molecule has 0 aromatic heterocycles. The van der Waals surface area contributed by atoms with E-state index in [2.05, 4.69) is 62.9 Å². The molecule has 0 bridgehead atoms. The second kappa shape index (κ2) is 14.1. The van der Waals surface area contributed by atoms with Gasteiger partial charge in [0.2, 0.25) is 11.4 Å². The summed E-state index contributed by atoms with van der Waals surface area (Å²) in [5.74, 6) is 2.90. The number of rotatable bonds is 8. The average Bonchev–Trinajstić information content (AvgIpc) is 3.08. The Kier molecular flexibility index (Phi) is 10.0. The van der Waals surface area contributed by atoms with Gasteiger partial charge in [-0.2, -0.15) is 0 Å². The van der Waals surface area contributed by atoms with Crippen molar-refractivity contribution in [3.8, 4) is 11.5 Å². The molecular formula is C32H40Br2N8O3. The number of hydrogen-bond acceptors (Lipinski definition) is 11. The van der Waals surface area contributed by atoms with E-state index in [0.29, 0.717) is 11.5 Å². The summed E-state index contributed by atoms with van der Waals surface area (Å²) in [4.78, 5) is 14.5. The number of benzene rings is 2. The van der Waals surface area contributed by atoms with Crippen LogP contribution in [0.25, 0.3) is 0 Å². The third-order valence-electron chi connectivity index (χ3n) is 8.36. The molecule has 4 aliphatic heterocycles. The van der Waals surface area contributed by atoms with Crippen molar-refractivity contribution < 1.29 is 14.2 Å². The number of ether oxygens (including phenoxy) is 3. The van der Waals surface area contributed by atoms with Gasteiger partial charge in [0, 0.05) is 86.1 Å². The highest BCUT2D eigenvalue weighted by atomic mass is 79.9. The molecule has 240 valence electrons. The predicted molar refractivity (Wildman–Crippen MR) is 183 cm³/mol. The van der Waals surface area contributed by atoms with Gasteiger partial charge in [-0.1, -0.05) is 31.9 Å². The van der Waals surface area contributed by atoms with Gasteiger partial charge in [-0.05, 0) is 62.4 Å². The Hall–Kier alpha value is -3.10. The fraction of sp³-hybridized carbons (Fsp3) is 0.438. The summed E-state index contributed by atoms with van der Waals surface area (Å²) in [6.07, 6.45) is 6.10. The molecule has 4 unspecified atom stereocenters. The lowest BCUT2D eigenvalue weighted by molar-refractivity contribution is -0.184. The summed E-state index contributed by atoms with van der Waals surface area (Å²) in [6.45, 7) is 10.5. The lowest BCUT2D eigenvalue weighted by Crippen LogP contribution is -2.77. The second-order valence-corrected chi connectivity index (χ2v) is 13.1. The van der Waals surface area contributed by atoms with E-state index in [1.165, 1.54) is 0 Å². The highest BCUT2D eigenvalue weighted by Crippen LogP contribution is 2.35. The van der Waals surface area contributed by atoms with Crippen molar-refractivity contribution in [3.63, 3.8) is 0 Å². The van der Waals surface area contributed by atoms with Crippen molar-refractivity contribution in [2.45, 2.75) is 37.5 Å². The molecule has 0 saturated carbocycles. The molecule has 0 spiro atoms. The SMILES string of the molecule is CC(Oc1ccc(Br)cc1)C1(OC2(C(C)Oc3ccc(Br)cc3)NC=CN=C2N2CCNCC2)NC=CN=C1N1CCNCC1. The van der Waals surface area contributed by atoms with E-state index in [1.807, 2.05) is 74.8 Å². The molecule has 4 aliphatic rings. The fourth-order valence-corrected chi connectivity index (χ4v) is 6.54. The first kappa shape index (κ1) is 31.9. The Morgan fingerprint density at radius 2 is 1.02 bits per heavy atom. The number of hydrogen-bond donors (Lipinski definition) is 4. The van der Waals surface area contributed by atoms with E-state index < -0.39 is 23.7 Å². The largest absolute Gasteiger partial charge is 0.485 e. The molecule has 2 aromatic carbocycles. The number of piperazine rings is 2. The Bertz CT molecular complexity index is 1320. The monoisotopic (exact) mass is 742 g/mol. The minimum Gasteiger partial charge on any atom is -0.485 e. The smallest absolute Gasteiger partial charge is 0.237 e. The first-order valence-electron chi connectivity index (χ1n) is 15.4. The molecule has 4 heterocycles. The van der Waals surface area contributed by atoms with E-state index >= 15 is 0 Å². The van der Waals surface area contributed by atoms with E-state index in [0.717, 1.165) is 73.0 Å². The van der Waals surface area contributed by atoms with Crippen LogP contribution >= 0.6 is 31.9 Å². The van der Waals surface area contributed by atoms with Gasteiger partial charge in [-0.3, -0.25) is 0 Å². The minimum atomic E-state index is -1.25. The molecule has 2 fully saturated rings. The van der Waals surface area contributed by atoms with Crippen molar-refractivity contribution in [3.05, 3.63) is 82.3 Å². The molecule has 0 radical (unpaired) electrons. The molecule has 4 atom stereocenters. The molecule has 4 N–H and O–H groups in total. The standard InChI is InChI=1S/C32H40Br2N8O3/c1-23(43-27-7-3-25(33)4-8-27)31(29(37-11-13-39-31)41-19-15-35-16-20-41)45-32(24(2)44-28-9-5-26(34)6-10-28)30(38-12-14-40-32)42-21-17-36-18-22-42/h3-14,23-24,35-36,39-40H,15-22H2,1-2H3. The molecule has 11 nitrogen and oxygen atoms in total. The number of nitrogens with one attached hydrogen (secondary N) is 4. The molecule has 0 aliphatic carbocycles. The Balaban J connectivity index is 1.45. The summed E-state index contributed by atoms with van der Waals surface area (Å²) in [5.41, 5.74) is -2.49. The van der Waals surface area contributed by atoms with Crippen LogP contribution in [-0.4, -0.2) is 97.5 Å². The Morgan fingerprint density at radius 1 is 0.644 bits per heavy atom. The lowest BCUT2D eigenvalue weighted by atomic mass is 9.97. The molecule has 0 amide bonds. The van der Waals surface area contributed by atoms with Crippen LogP contribution in [0, 0.1) is 0 Å². The average molecular weight is 745 g/mol. The maximum Gasteiger partial charge on any atom is 0.237 e. The zero-order valence-corrected chi connectivity index (χ0v) is 28.7. The van der Waals surface area contributed by atoms with Crippen molar-refractivity contribution in [2.24, 2.45) is 9.98 Å². The molecule has 13 heteroatoms. The predicted octanol–water partition coefficient (Wildman–Crippen LogP) is 3.61. The summed E-state index contributed by atoms with van der Waals surface area (Å²) < 4.78 is 22.9. The van der Waals surface area contributed by atoms with Gasteiger partial charge in [0.05, 0.1) is 0 Å². The maximum absolute atomic E-state index is 7.58. The van der Waals surface area contributed by atoms with Crippen LogP contribution in [0.3, 0.4) is 0 Å². The summed E-state index contributed by atoms with van der Waals surface area (Å²) in [6, 6.07) is 15.6. The third kappa shape index (κ3) is 6.87. The van der Waals surface area contributed by atoms with Gasteiger partial charge in [0.25, 0.3) is 0 Å². The zero-order chi connectivity index (χ0) is 31.3. The second-order valence-electron chi connectivity index (χ2n) is 11.3. The zero-order valence-electron chi connectivity index (χ0n) is 25.5. The van der Waals surface area contributed by atoms with E-state index in [9.17, 15) is 0 Å². The summed E-state index contributed by atoms with van der Waals surface area (Å²) in [7, 11) is 0. The number of aliphatic imine (C=N–C) groups is 2. The first-order chi connectivity index (χ1) is 21.9. The van der Waals surface area contributed by atoms with Gasteiger partial charge in [-0.25, -0.2) is 9.98 Å². The number of amidine groups is 2. The molecule has 2 saturated heterocycles. The molecule has 6 rings (SSSR count). The number of halogens is 2. The topological polar surface area (TPSA) is 107 Å². The van der Waals surface area contributed by atoms with Crippen molar-refractivity contribution >= 4 is 43.5 Å². The highest BCUT2D eigenvalue weighted by Gasteiger charge is 2.58. The Labute approximate surface area is 281 Å². The van der Waals surface area contributed by atoms with Crippen LogP contribution in [0.2, 0.25) is 0 Å². The van der Waals surface area contributed by atoms with Crippen LogP contribution in [0.4, 0.5) is 0 Å². The van der Waals surface area contributed by atoms with Gasteiger partial charge < -0.3 is 45.3 Å². The lowest BCUT2D eigenvalue weighted by Gasteiger charge is -2.53. The maximum atomic E-state index is 7.58. The van der Waals surface area contributed by atoms with Gasteiger partial charge in [0.1, 0.15) is 11.5 Å². The highest BCUT2D eigenvalue weighted by molar-refractivity contribution is 9.10. The van der Waals surface area contributed by atoms with E-state index in [1.54, 1.807) is 12.4 Å². The van der Waals surface area contributed by atoms with Gasteiger partial charge in [0.15, 0.2) is 23.9 Å². The summed E-state index contributed by atoms with van der Waals surface area (Å²) >= 11 is 7.08. The van der Waals surface area contributed by atoms with Crippen molar-refractivity contribution in [1.29, 1.82) is 0 Å². The van der Waals surface area contributed by atoms with E-state index in [-0.39, 0.29) is 0 Å². The third-order valence-corrected chi connectivity index (χ3v) is 9.41. The Morgan fingerprint density at radius 3 is 1.40 bits per heavy atom. The van der Waals surface area contributed by atoms with Crippen LogP contribution in [0.15, 0.2) is 92.3 Å². The van der Waals surface area contributed by atoms with Crippen molar-refractivity contribution in [1.82, 2.24) is 31.1 Å². The minimum absolute atomic E-state index is 0.550. The number of nitrogens with zero attached hydrogens (tertiary/aromatic N) is 4. The van der Waals surface area contributed by atoms with Crippen molar-refractivity contribution in [2.75, 3.05) is 52.4 Å².